The van der Waals surface area contributed by atoms with Gasteiger partial charge in [0.1, 0.15) is 0 Å². The number of benzene rings is 3. The smallest absolute Gasteiger partial charge is 0.255 e. The molecule has 0 saturated heterocycles. The second-order valence-electron chi connectivity index (χ2n) is 6.12. The molecule has 0 fully saturated rings. The van der Waals surface area contributed by atoms with Crippen molar-refractivity contribution >= 4 is 40.1 Å². The third-order valence-corrected chi connectivity index (χ3v) is 4.82. The standard InChI is InChI=1S/C22H19IN2O2/c1-15(16-8-3-2-4-9-16)24-22(27)19-12-5-6-13-20(19)25-21(26)17-10-7-11-18(23)14-17/h2-15H,1H3,(H,24,27)(H,25,26). The second kappa shape index (κ2) is 8.81. The Hall–Kier alpha value is -2.67. The minimum absolute atomic E-state index is 0.141. The predicted octanol–water partition coefficient (Wildman–Crippen LogP) is 5.03. The lowest BCUT2D eigenvalue weighted by atomic mass is 10.1. The first kappa shape index (κ1) is 19.1. The monoisotopic (exact) mass is 470 g/mol. The van der Waals surface area contributed by atoms with Gasteiger partial charge < -0.3 is 10.6 Å². The van der Waals surface area contributed by atoms with Crippen molar-refractivity contribution in [3.05, 3.63) is 99.1 Å². The molecule has 2 N–H and O–H groups in total. The number of nitrogens with one attached hydrogen (secondary N) is 2. The number of halogens is 1. The van der Waals surface area contributed by atoms with Crippen LogP contribution in [0, 0.1) is 3.57 Å². The Morgan fingerprint density at radius 3 is 2.30 bits per heavy atom. The van der Waals surface area contributed by atoms with Crippen molar-refractivity contribution < 1.29 is 9.59 Å². The number of hydrogen-bond acceptors (Lipinski definition) is 2. The van der Waals surface area contributed by atoms with Gasteiger partial charge in [-0.3, -0.25) is 9.59 Å². The van der Waals surface area contributed by atoms with Crippen molar-refractivity contribution in [3.8, 4) is 0 Å². The third kappa shape index (κ3) is 4.95. The fourth-order valence-corrected chi connectivity index (χ4v) is 3.26. The highest BCUT2D eigenvalue weighted by Crippen LogP contribution is 2.19. The Bertz CT molecular complexity index is 957. The lowest BCUT2D eigenvalue weighted by molar-refractivity contribution is 0.0941. The molecule has 27 heavy (non-hydrogen) atoms. The molecule has 0 aliphatic heterocycles. The molecule has 0 bridgehead atoms. The third-order valence-electron chi connectivity index (χ3n) is 4.15. The minimum Gasteiger partial charge on any atom is -0.345 e. The summed E-state index contributed by atoms with van der Waals surface area (Å²) in [6.45, 7) is 1.93. The van der Waals surface area contributed by atoms with E-state index in [1.807, 2.05) is 49.4 Å². The highest BCUT2D eigenvalue weighted by Gasteiger charge is 2.16. The van der Waals surface area contributed by atoms with Crippen LogP contribution in [0.2, 0.25) is 0 Å². The quantitative estimate of drug-likeness (QED) is 0.514. The average molecular weight is 470 g/mol. The molecule has 1 atom stereocenters. The summed E-state index contributed by atoms with van der Waals surface area (Å²) >= 11 is 2.16. The van der Waals surface area contributed by atoms with Gasteiger partial charge in [-0.05, 0) is 65.4 Å². The Morgan fingerprint density at radius 1 is 0.852 bits per heavy atom. The second-order valence-corrected chi connectivity index (χ2v) is 7.36. The van der Waals surface area contributed by atoms with Crippen LogP contribution in [-0.4, -0.2) is 11.8 Å². The number of para-hydroxylation sites is 1. The summed E-state index contributed by atoms with van der Waals surface area (Å²) < 4.78 is 0.975. The van der Waals surface area contributed by atoms with Crippen LogP contribution < -0.4 is 10.6 Å². The molecule has 4 nitrogen and oxygen atoms in total. The fourth-order valence-electron chi connectivity index (χ4n) is 2.71. The van der Waals surface area contributed by atoms with Crippen LogP contribution in [0.4, 0.5) is 5.69 Å². The Kier molecular flexibility index (Phi) is 6.24. The van der Waals surface area contributed by atoms with E-state index in [1.165, 1.54) is 0 Å². The van der Waals surface area contributed by atoms with Gasteiger partial charge in [-0.15, -0.1) is 0 Å². The van der Waals surface area contributed by atoms with Crippen LogP contribution in [0.15, 0.2) is 78.9 Å². The number of rotatable bonds is 5. The predicted molar refractivity (Wildman–Crippen MR) is 116 cm³/mol. The zero-order valence-corrected chi connectivity index (χ0v) is 16.9. The molecule has 0 radical (unpaired) electrons. The molecule has 0 heterocycles. The molecule has 0 aliphatic carbocycles. The van der Waals surface area contributed by atoms with Gasteiger partial charge in [0.15, 0.2) is 0 Å². The molecule has 1 unspecified atom stereocenters. The SMILES string of the molecule is CC(NC(=O)c1ccccc1NC(=O)c1cccc(I)c1)c1ccccc1. The maximum Gasteiger partial charge on any atom is 0.255 e. The molecule has 0 spiro atoms. The van der Waals surface area contributed by atoms with Crippen LogP contribution in [0.1, 0.15) is 39.2 Å². The van der Waals surface area contributed by atoms with E-state index in [9.17, 15) is 9.59 Å². The van der Waals surface area contributed by atoms with Crippen LogP contribution in [0.25, 0.3) is 0 Å². The number of amides is 2. The van der Waals surface area contributed by atoms with Gasteiger partial charge >= 0.3 is 0 Å². The molecule has 136 valence electrons. The van der Waals surface area contributed by atoms with Crippen molar-refractivity contribution in [1.29, 1.82) is 0 Å². The van der Waals surface area contributed by atoms with Gasteiger partial charge in [0.25, 0.3) is 11.8 Å². The van der Waals surface area contributed by atoms with E-state index >= 15 is 0 Å². The number of carbonyl (C=O) groups excluding carboxylic acids is 2. The number of carbonyl (C=O) groups is 2. The normalized spacial score (nSPS) is 11.5. The zero-order valence-electron chi connectivity index (χ0n) is 14.8. The van der Waals surface area contributed by atoms with E-state index in [2.05, 4.69) is 33.2 Å². The summed E-state index contributed by atoms with van der Waals surface area (Å²) in [5.41, 5.74) is 2.49. The summed E-state index contributed by atoms with van der Waals surface area (Å²) in [6, 6.07) is 23.9. The van der Waals surface area contributed by atoms with Crippen LogP contribution in [0.3, 0.4) is 0 Å². The molecule has 3 aromatic carbocycles. The van der Waals surface area contributed by atoms with Crippen molar-refractivity contribution in [2.24, 2.45) is 0 Å². The van der Waals surface area contributed by atoms with Crippen molar-refractivity contribution in [3.63, 3.8) is 0 Å². The number of hydrogen-bond donors (Lipinski definition) is 2. The van der Waals surface area contributed by atoms with Gasteiger partial charge in [0.2, 0.25) is 0 Å². The van der Waals surface area contributed by atoms with E-state index in [0.29, 0.717) is 16.8 Å². The lowest BCUT2D eigenvalue weighted by Gasteiger charge is -2.16. The van der Waals surface area contributed by atoms with Gasteiger partial charge in [0, 0.05) is 9.13 Å². The topological polar surface area (TPSA) is 58.2 Å². The molecular formula is C22H19IN2O2. The summed E-state index contributed by atoms with van der Waals surface area (Å²) in [7, 11) is 0. The van der Waals surface area contributed by atoms with Crippen molar-refractivity contribution in [2.45, 2.75) is 13.0 Å². The Balaban J connectivity index is 1.77. The maximum atomic E-state index is 12.8. The first-order chi connectivity index (χ1) is 13.0. The molecule has 0 saturated carbocycles. The average Bonchev–Trinajstić information content (AvgIpc) is 2.69. The molecule has 2 amide bonds. The zero-order chi connectivity index (χ0) is 19.2. The molecule has 0 aliphatic rings. The first-order valence-corrected chi connectivity index (χ1v) is 9.64. The molecule has 5 heteroatoms. The summed E-state index contributed by atoms with van der Waals surface area (Å²) in [4.78, 5) is 25.3. The van der Waals surface area contributed by atoms with E-state index in [0.717, 1.165) is 9.13 Å². The number of anilines is 1. The highest BCUT2D eigenvalue weighted by atomic mass is 127. The van der Waals surface area contributed by atoms with Gasteiger partial charge in [-0.25, -0.2) is 0 Å². The summed E-state index contributed by atoms with van der Waals surface area (Å²) in [5, 5.41) is 5.83. The van der Waals surface area contributed by atoms with E-state index in [4.69, 9.17) is 0 Å². The summed E-state index contributed by atoms with van der Waals surface area (Å²) in [6.07, 6.45) is 0. The highest BCUT2D eigenvalue weighted by molar-refractivity contribution is 14.1. The van der Waals surface area contributed by atoms with Crippen molar-refractivity contribution in [1.82, 2.24) is 5.32 Å². The van der Waals surface area contributed by atoms with Gasteiger partial charge in [-0.1, -0.05) is 48.5 Å². The Labute approximate surface area is 172 Å². The van der Waals surface area contributed by atoms with Gasteiger partial charge in [0.05, 0.1) is 17.3 Å². The van der Waals surface area contributed by atoms with E-state index < -0.39 is 0 Å². The largest absolute Gasteiger partial charge is 0.345 e. The van der Waals surface area contributed by atoms with Crippen LogP contribution in [-0.2, 0) is 0 Å². The first-order valence-electron chi connectivity index (χ1n) is 8.56. The van der Waals surface area contributed by atoms with Crippen LogP contribution >= 0.6 is 22.6 Å². The Morgan fingerprint density at radius 2 is 1.56 bits per heavy atom. The minimum atomic E-state index is -0.245. The molecule has 0 aromatic heterocycles. The van der Waals surface area contributed by atoms with E-state index in [-0.39, 0.29) is 17.9 Å². The summed E-state index contributed by atoms with van der Waals surface area (Å²) in [5.74, 6) is -0.477. The molecular weight excluding hydrogens is 451 g/mol. The lowest BCUT2D eigenvalue weighted by Crippen LogP contribution is -2.28. The van der Waals surface area contributed by atoms with Gasteiger partial charge in [-0.2, -0.15) is 0 Å². The van der Waals surface area contributed by atoms with E-state index in [1.54, 1.807) is 36.4 Å². The molecule has 3 rings (SSSR count). The fraction of sp³-hybridized carbons (Fsp3) is 0.0909. The van der Waals surface area contributed by atoms with Crippen LogP contribution in [0.5, 0.6) is 0 Å². The van der Waals surface area contributed by atoms with Crippen molar-refractivity contribution in [2.75, 3.05) is 5.32 Å². The maximum absolute atomic E-state index is 12.8. The molecule has 3 aromatic rings.